The highest BCUT2D eigenvalue weighted by Gasteiger charge is 2.22. The van der Waals surface area contributed by atoms with Gasteiger partial charge in [0.1, 0.15) is 18.5 Å². The molecule has 0 aliphatic carbocycles. The van der Waals surface area contributed by atoms with Gasteiger partial charge in [-0.2, -0.15) is 0 Å². The van der Waals surface area contributed by atoms with Crippen molar-refractivity contribution in [1.82, 2.24) is 0 Å². The zero-order chi connectivity index (χ0) is 14.8. The Bertz CT molecular complexity index is 421. The zero-order valence-corrected chi connectivity index (χ0v) is 13.2. The number of unbranched alkanes of at least 4 members (excludes halogenated alkanes) is 4. The van der Waals surface area contributed by atoms with Gasteiger partial charge in [0.2, 0.25) is 0 Å². The molecule has 0 aromatic heterocycles. The van der Waals surface area contributed by atoms with Crippen molar-refractivity contribution in [3.8, 4) is 5.75 Å². The molecule has 2 rings (SSSR count). The molecule has 1 heterocycles. The molecule has 1 atom stereocenters. The minimum Gasteiger partial charge on any atom is -0.491 e. The SMILES string of the molecule is CCCCCC/C=C/CCc1cccc(OCC2CO2)c1. The Morgan fingerprint density at radius 3 is 2.86 bits per heavy atom. The molecule has 0 N–H and O–H groups in total. The lowest BCUT2D eigenvalue weighted by atomic mass is 10.1. The smallest absolute Gasteiger partial charge is 0.119 e. The first-order chi connectivity index (χ1) is 10.4. The van der Waals surface area contributed by atoms with Crippen LogP contribution in [0.5, 0.6) is 5.75 Å². The number of hydrogen-bond donors (Lipinski definition) is 0. The summed E-state index contributed by atoms with van der Waals surface area (Å²) < 4.78 is 10.9. The van der Waals surface area contributed by atoms with E-state index in [9.17, 15) is 0 Å². The van der Waals surface area contributed by atoms with Crippen LogP contribution in [-0.2, 0) is 11.2 Å². The summed E-state index contributed by atoms with van der Waals surface area (Å²) in [5.41, 5.74) is 1.35. The van der Waals surface area contributed by atoms with E-state index in [-0.39, 0.29) is 0 Å². The summed E-state index contributed by atoms with van der Waals surface area (Å²) in [4.78, 5) is 0. The van der Waals surface area contributed by atoms with Gasteiger partial charge in [-0.15, -0.1) is 0 Å². The van der Waals surface area contributed by atoms with Crippen LogP contribution >= 0.6 is 0 Å². The summed E-state index contributed by atoms with van der Waals surface area (Å²) in [6.07, 6.45) is 13.8. The molecule has 0 spiro atoms. The fraction of sp³-hybridized carbons (Fsp3) is 0.579. The molecule has 1 aromatic rings. The van der Waals surface area contributed by atoms with E-state index in [1.807, 2.05) is 6.07 Å². The van der Waals surface area contributed by atoms with Crippen molar-refractivity contribution < 1.29 is 9.47 Å². The predicted molar refractivity (Wildman–Crippen MR) is 87.9 cm³/mol. The maximum Gasteiger partial charge on any atom is 0.119 e. The minimum absolute atomic E-state index is 0.323. The maximum absolute atomic E-state index is 5.71. The molecule has 1 aliphatic rings. The Morgan fingerprint density at radius 2 is 2.05 bits per heavy atom. The van der Waals surface area contributed by atoms with Gasteiger partial charge in [-0.25, -0.2) is 0 Å². The molecule has 1 aromatic carbocycles. The third kappa shape index (κ3) is 7.33. The van der Waals surface area contributed by atoms with Crippen molar-refractivity contribution >= 4 is 0 Å². The Morgan fingerprint density at radius 1 is 1.19 bits per heavy atom. The van der Waals surface area contributed by atoms with Gasteiger partial charge in [0.05, 0.1) is 6.61 Å². The third-order valence-electron chi connectivity index (χ3n) is 3.73. The molecule has 0 saturated carbocycles. The molecule has 1 fully saturated rings. The van der Waals surface area contributed by atoms with Crippen LogP contribution in [0.4, 0.5) is 0 Å². The number of rotatable bonds is 11. The van der Waals surface area contributed by atoms with Crippen molar-refractivity contribution in [2.45, 2.75) is 58.0 Å². The van der Waals surface area contributed by atoms with Crippen molar-refractivity contribution in [1.29, 1.82) is 0 Å². The fourth-order valence-corrected chi connectivity index (χ4v) is 2.32. The molecular weight excluding hydrogens is 260 g/mol. The van der Waals surface area contributed by atoms with E-state index in [0.717, 1.165) is 25.2 Å². The molecular formula is C19H28O2. The van der Waals surface area contributed by atoms with Crippen LogP contribution < -0.4 is 4.74 Å². The lowest BCUT2D eigenvalue weighted by Gasteiger charge is -2.06. The van der Waals surface area contributed by atoms with Gasteiger partial charge < -0.3 is 9.47 Å². The van der Waals surface area contributed by atoms with Gasteiger partial charge in [-0.3, -0.25) is 0 Å². The first kappa shape index (κ1) is 16.1. The number of aryl methyl sites for hydroxylation is 1. The van der Waals surface area contributed by atoms with E-state index in [1.165, 1.54) is 37.7 Å². The van der Waals surface area contributed by atoms with Gasteiger partial charge in [0.25, 0.3) is 0 Å². The second kappa shape index (κ2) is 9.62. The summed E-state index contributed by atoms with van der Waals surface area (Å²) in [5.74, 6) is 0.964. The van der Waals surface area contributed by atoms with E-state index in [1.54, 1.807) is 0 Å². The Kier molecular flexibility index (Phi) is 7.37. The summed E-state index contributed by atoms with van der Waals surface area (Å²) in [6, 6.07) is 8.43. The molecule has 1 saturated heterocycles. The molecule has 116 valence electrons. The molecule has 1 aliphatic heterocycles. The zero-order valence-electron chi connectivity index (χ0n) is 13.2. The van der Waals surface area contributed by atoms with Crippen molar-refractivity contribution in [3.05, 3.63) is 42.0 Å². The monoisotopic (exact) mass is 288 g/mol. The average molecular weight is 288 g/mol. The predicted octanol–water partition coefficient (Wildman–Crippen LogP) is 4.92. The number of hydrogen-bond acceptors (Lipinski definition) is 2. The molecule has 0 amide bonds. The standard InChI is InChI=1S/C19H28O2/c1-2-3-4-5-6-7-8-9-11-17-12-10-13-18(14-17)20-15-19-16-21-19/h7-8,10,12-14,19H,2-6,9,11,15-16H2,1H3/b8-7+. The topological polar surface area (TPSA) is 21.8 Å². The summed E-state index contributed by atoms with van der Waals surface area (Å²) in [7, 11) is 0. The Hall–Kier alpha value is -1.28. The molecule has 0 radical (unpaired) electrons. The van der Waals surface area contributed by atoms with Crippen LogP contribution in [0.3, 0.4) is 0 Å². The van der Waals surface area contributed by atoms with Gasteiger partial charge in [0.15, 0.2) is 0 Å². The molecule has 2 nitrogen and oxygen atoms in total. The van der Waals surface area contributed by atoms with E-state index < -0.39 is 0 Å². The second-order valence-corrected chi connectivity index (χ2v) is 5.77. The summed E-state index contributed by atoms with van der Waals surface area (Å²) >= 11 is 0. The normalized spacial score (nSPS) is 17.3. The highest BCUT2D eigenvalue weighted by atomic mass is 16.6. The van der Waals surface area contributed by atoms with E-state index in [2.05, 4.69) is 37.3 Å². The van der Waals surface area contributed by atoms with Crippen molar-refractivity contribution in [2.24, 2.45) is 0 Å². The second-order valence-electron chi connectivity index (χ2n) is 5.77. The van der Waals surface area contributed by atoms with E-state index >= 15 is 0 Å². The largest absolute Gasteiger partial charge is 0.491 e. The number of ether oxygens (including phenoxy) is 2. The van der Waals surface area contributed by atoms with Crippen LogP contribution in [0.15, 0.2) is 36.4 Å². The van der Waals surface area contributed by atoms with Gasteiger partial charge in [0, 0.05) is 0 Å². The molecule has 21 heavy (non-hydrogen) atoms. The third-order valence-corrected chi connectivity index (χ3v) is 3.73. The van der Waals surface area contributed by atoms with Crippen LogP contribution in [0, 0.1) is 0 Å². The number of allylic oxidation sites excluding steroid dienone is 2. The van der Waals surface area contributed by atoms with Crippen LogP contribution in [0.25, 0.3) is 0 Å². The first-order valence-electron chi connectivity index (χ1n) is 8.37. The molecule has 2 heteroatoms. The quantitative estimate of drug-likeness (QED) is 0.327. The van der Waals surface area contributed by atoms with Crippen molar-refractivity contribution in [3.63, 3.8) is 0 Å². The summed E-state index contributed by atoms with van der Waals surface area (Å²) in [6.45, 7) is 3.79. The van der Waals surface area contributed by atoms with E-state index in [0.29, 0.717) is 12.7 Å². The lowest BCUT2D eigenvalue weighted by Crippen LogP contribution is -2.04. The lowest BCUT2D eigenvalue weighted by molar-refractivity contribution is 0.263. The Balaban J connectivity index is 1.60. The first-order valence-corrected chi connectivity index (χ1v) is 8.37. The maximum atomic E-state index is 5.71. The Labute approximate surface area is 129 Å². The van der Waals surface area contributed by atoms with Crippen molar-refractivity contribution in [2.75, 3.05) is 13.2 Å². The number of benzene rings is 1. The van der Waals surface area contributed by atoms with Gasteiger partial charge in [-0.1, -0.05) is 50.5 Å². The van der Waals surface area contributed by atoms with Gasteiger partial charge in [-0.05, 0) is 43.4 Å². The molecule has 0 bridgehead atoms. The van der Waals surface area contributed by atoms with Crippen LogP contribution in [0.1, 0.15) is 51.0 Å². The fourth-order valence-electron chi connectivity index (χ4n) is 2.32. The van der Waals surface area contributed by atoms with Crippen LogP contribution in [0.2, 0.25) is 0 Å². The summed E-state index contributed by atoms with van der Waals surface area (Å²) in [5, 5.41) is 0. The van der Waals surface area contributed by atoms with E-state index in [4.69, 9.17) is 9.47 Å². The van der Waals surface area contributed by atoms with Crippen LogP contribution in [-0.4, -0.2) is 19.3 Å². The van der Waals surface area contributed by atoms with Gasteiger partial charge >= 0.3 is 0 Å². The average Bonchev–Trinajstić information content (AvgIpc) is 3.33. The highest BCUT2D eigenvalue weighted by Crippen LogP contribution is 2.17. The number of epoxide rings is 1. The highest BCUT2D eigenvalue weighted by molar-refractivity contribution is 5.28. The minimum atomic E-state index is 0.323. The molecule has 1 unspecified atom stereocenters.